The van der Waals surface area contributed by atoms with Crippen molar-refractivity contribution in [3.05, 3.63) is 23.9 Å². The molecule has 1 aromatic heterocycles. The van der Waals surface area contributed by atoms with Gasteiger partial charge in [0.15, 0.2) is 0 Å². The fourth-order valence-electron chi connectivity index (χ4n) is 1.56. The van der Waals surface area contributed by atoms with E-state index in [1.165, 1.54) is 0 Å². The van der Waals surface area contributed by atoms with Crippen molar-refractivity contribution in [2.24, 2.45) is 5.73 Å². The van der Waals surface area contributed by atoms with Gasteiger partial charge in [-0.3, -0.25) is 4.79 Å². The summed E-state index contributed by atoms with van der Waals surface area (Å²) in [6.45, 7) is 0.703. The number of ketones is 1. The molecule has 0 aliphatic rings. The van der Waals surface area contributed by atoms with Gasteiger partial charge in [0.2, 0.25) is 0 Å². The molecule has 0 aliphatic heterocycles. The van der Waals surface area contributed by atoms with Crippen LogP contribution in [0.2, 0.25) is 0 Å². The van der Waals surface area contributed by atoms with Gasteiger partial charge in [-0.15, -0.1) is 0 Å². The lowest BCUT2D eigenvalue weighted by molar-refractivity contribution is -0.118. The summed E-state index contributed by atoms with van der Waals surface area (Å²) >= 11 is 0. The first kappa shape index (κ1) is 12.6. The van der Waals surface area contributed by atoms with Gasteiger partial charge in [0.25, 0.3) is 0 Å². The molecule has 0 atom stereocenters. The number of nitrogens with zero attached hydrogens (tertiary/aromatic N) is 1. The van der Waals surface area contributed by atoms with Crippen molar-refractivity contribution in [3.8, 4) is 0 Å². The first-order chi connectivity index (χ1) is 7.72. The van der Waals surface area contributed by atoms with Crippen LogP contribution in [0.4, 0.5) is 5.82 Å². The van der Waals surface area contributed by atoms with Gasteiger partial charge < -0.3 is 11.5 Å². The average Bonchev–Trinajstić information content (AvgIpc) is 2.24. The summed E-state index contributed by atoms with van der Waals surface area (Å²) < 4.78 is 0. The summed E-state index contributed by atoms with van der Waals surface area (Å²) in [6, 6.07) is 3.58. The van der Waals surface area contributed by atoms with Crippen LogP contribution in [0.1, 0.15) is 31.2 Å². The Morgan fingerprint density at radius 2 is 2.12 bits per heavy atom. The molecule has 4 N–H and O–H groups in total. The Morgan fingerprint density at radius 1 is 1.31 bits per heavy atom. The predicted molar refractivity (Wildman–Crippen MR) is 64.9 cm³/mol. The summed E-state index contributed by atoms with van der Waals surface area (Å²) in [7, 11) is 0. The molecule has 0 spiro atoms. The normalized spacial score (nSPS) is 10.3. The van der Waals surface area contributed by atoms with Crippen LogP contribution < -0.4 is 11.5 Å². The quantitative estimate of drug-likeness (QED) is 0.680. The molecule has 0 radical (unpaired) electrons. The maximum Gasteiger partial charge on any atom is 0.137 e. The zero-order valence-electron chi connectivity index (χ0n) is 9.48. The number of hydrogen-bond donors (Lipinski definition) is 2. The van der Waals surface area contributed by atoms with E-state index in [1.807, 2.05) is 6.07 Å². The third-order valence-electron chi connectivity index (χ3n) is 2.41. The first-order valence-corrected chi connectivity index (χ1v) is 5.64. The van der Waals surface area contributed by atoms with E-state index in [4.69, 9.17) is 11.5 Å². The SMILES string of the molecule is NCCCCCC(=O)Cc1ccnc(N)c1. The van der Waals surface area contributed by atoms with Crippen molar-refractivity contribution in [3.63, 3.8) is 0 Å². The van der Waals surface area contributed by atoms with E-state index in [2.05, 4.69) is 4.98 Å². The van der Waals surface area contributed by atoms with Gasteiger partial charge in [0, 0.05) is 19.0 Å². The second kappa shape index (κ2) is 6.95. The molecule has 88 valence electrons. The highest BCUT2D eigenvalue weighted by atomic mass is 16.1. The minimum absolute atomic E-state index is 0.252. The van der Waals surface area contributed by atoms with Gasteiger partial charge in [0.1, 0.15) is 11.6 Å². The van der Waals surface area contributed by atoms with Crippen LogP contribution in [0.3, 0.4) is 0 Å². The molecule has 1 heterocycles. The van der Waals surface area contributed by atoms with E-state index < -0.39 is 0 Å². The van der Waals surface area contributed by atoms with Crippen LogP contribution >= 0.6 is 0 Å². The third-order valence-corrected chi connectivity index (χ3v) is 2.41. The van der Waals surface area contributed by atoms with E-state index in [-0.39, 0.29) is 5.78 Å². The van der Waals surface area contributed by atoms with Gasteiger partial charge in [-0.05, 0) is 37.1 Å². The van der Waals surface area contributed by atoms with Crippen molar-refractivity contribution in [2.75, 3.05) is 12.3 Å². The number of carbonyl (C=O) groups is 1. The highest BCUT2D eigenvalue weighted by molar-refractivity contribution is 5.80. The molecule has 4 heteroatoms. The fraction of sp³-hybridized carbons (Fsp3) is 0.500. The number of nitrogens with two attached hydrogens (primary N) is 2. The van der Waals surface area contributed by atoms with E-state index in [0.29, 0.717) is 25.2 Å². The van der Waals surface area contributed by atoms with Gasteiger partial charge in [-0.25, -0.2) is 4.98 Å². The van der Waals surface area contributed by atoms with Crippen LogP contribution in [0.5, 0.6) is 0 Å². The summed E-state index contributed by atoms with van der Waals surface area (Å²) in [5, 5.41) is 0. The van der Waals surface area contributed by atoms with Crippen molar-refractivity contribution >= 4 is 11.6 Å². The highest BCUT2D eigenvalue weighted by Crippen LogP contribution is 2.07. The number of pyridine rings is 1. The molecule has 0 saturated carbocycles. The molecule has 0 unspecified atom stereocenters. The largest absolute Gasteiger partial charge is 0.384 e. The zero-order chi connectivity index (χ0) is 11.8. The van der Waals surface area contributed by atoms with Gasteiger partial charge >= 0.3 is 0 Å². The van der Waals surface area contributed by atoms with Crippen molar-refractivity contribution in [1.29, 1.82) is 0 Å². The van der Waals surface area contributed by atoms with E-state index in [1.54, 1.807) is 12.3 Å². The first-order valence-electron chi connectivity index (χ1n) is 5.64. The average molecular weight is 221 g/mol. The van der Waals surface area contributed by atoms with E-state index in [9.17, 15) is 4.79 Å². The van der Waals surface area contributed by atoms with Crippen LogP contribution in [0, 0.1) is 0 Å². The lowest BCUT2D eigenvalue weighted by atomic mass is 10.1. The molecule has 1 rings (SSSR count). The summed E-state index contributed by atoms with van der Waals surface area (Å²) in [6.07, 6.45) is 5.66. The van der Waals surface area contributed by atoms with Gasteiger partial charge in [-0.1, -0.05) is 6.42 Å². The topological polar surface area (TPSA) is 82.0 Å². The molecule has 0 aromatic carbocycles. The molecule has 0 amide bonds. The molecule has 0 fully saturated rings. The van der Waals surface area contributed by atoms with Gasteiger partial charge in [0.05, 0.1) is 0 Å². The minimum Gasteiger partial charge on any atom is -0.384 e. The lowest BCUT2D eigenvalue weighted by Crippen LogP contribution is -2.04. The third kappa shape index (κ3) is 4.89. The minimum atomic E-state index is 0.252. The van der Waals surface area contributed by atoms with Gasteiger partial charge in [-0.2, -0.15) is 0 Å². The maximum absolute atomic E-state index is 11.6. The number of hydrogen-bond acceptors (Lipinski definition) is 4. The summed E-state index contributed by atoms with van der Waals surface area (Å²) in [4.78, 5) is 15.5. The number of Topliss-reactive ketones (excluding diaryl/α,β-unsaturated/α-hetero) is 1. The van der Waals surface area contributed by atoms with E-state index in [0.717, 1.165) is 24.8 Å². The lowest BCUT2D eigenvalue weighted by Gasteiger charge is -2.02. The number of rotatable bonds is 7. The number of nitrogen functional groups attached to an aromatic ring is 1. The molecule has 16 heavy (non-hydrogen) atoms. The smallest absolute Gasteiger partial charge is 0.137 e. The molecule has 1 aromatic rings. The molecular weight excluding hydrogens is 202 g/mol. The van der Waals surface area contributed by atoms with Crippen LogP contribution in [-0.4, -0.2) is 17.3 Å². The standard InChI is InChI=1S/C12H19N3O/c13-6-3-1-2-4-11(16)8-10-5-7-15-12(14)9-10/h5,7,9H,1-4,6,8,13H2,(H2,14,15). The van der Waals surface area contributed by atoms with Crippen molar-refractivity contribution < 1.29 is 4.79 Å². The van der Waals surface area contributed by atoms with Crippen LogP contribution in [0.25, 0.3) is 0 Å². The molecule has 4 nitrogen and oxygen atoms in total. The Kier molecular flexibility index (Phi) is 5.50. The Labute approximate surface area is 96.0 Å². The zero-order valence-corrected chi connectivity index (χ0v) is 9.48. The Hall–Kier alpha value is -1.42. The second-order valence-electron chi connectivity index (χ2n) is 3.90. The van der Waals surface area contributed by atoms with Crippen LogP contribution in [-0.2, 0) is 11.2 Å². The Morgan fingerprint density at radius 3 is 2.81 bits per heavy atom. The number of anilines is 1. The number of aromatic nitrogens is 1. The molecule has 0 aliphatic carbocycles. The highest BCUT2D eigenvalue weighted by Gasteiger charge is 2.03. The van der Waals surface area contributed by atoms with Crippen LogP contribution in [0.15, 0.2) is 18.3 Å². The molecule has 0 saturated heterocycles. The van der Waals surface area contributed by atoms with Crippen molar-refractivity contribution in [1.82, 2.24) is 4.98 Å². The Bertz CT molecular complexity index is 339. The molecule has 0 bridgehead atoms. The second-order valence-corrected chi connectivity index (χ2v) is 3.90. The maximum atomic E-state index is 11.6. The van der Waals surface area contributed by atoms with Crippen molar-refractivity contribution in [2.45, 2.75) is 32.1 Å². The Balaban J connectivity index is 2.29. The summed E-state index contributed by atoms with van der Waals surface area (Å²) in [5.41, 5.74) is 11.9. The molecular formula is C12H19N3O. The number of unbranched alkanes of at least 4 members (excludes halogenated alkanes) is 2. The monoisotopic (exact) mass is 221 g/mol. The number of carbonyl (C=O) groups excluding carboxylic acids is 1. The predicted octanol–water partition coefficient (Wildman–Crippen LogP) is 1.29. The fourth-order valence-corrected chi connectivity index (χ4v) is 1.56. The summed E-state index contributed by atoms with van der Waals surface area (Å²) in [5.74, 6) is 0.719. The van der Waals surface area contributed by atoms with E-state index >= 15 is 0 Å².